The van der Waals surface area contributed by atoms with Crippen LogP contribution >= 0.6 is 0 Å². The number of ether oxygens (including phenoxy) is 4. The maximum absolute atomic E-state index is 13.1. The van der Waals surface area contributed by atoms with Gasteiger partial charge in [0.15, 0.2) is 6.79 Å². The highest BCUT2D eigenvalue weighted by Gasteiger charge is 2.38. The molecule has 0 amide bonds. The fraction of sp³-hybridized carbons (Fsp3) is 0.500. The molecule has 1 aromatic rings. The number of esters is 2. The van der Waals surface area contributed by atoms with Crippen molar-refractivity contribution in [3.05, 3.63) is 62.5 Å². The Labute approximate surface area is 199 Å². The number of non-ortho nitro benzene ring substituents is 1. The summed E-state index contributed by atoms with van der Waals surface area (Å²) in [5.41, 5.74) is 1.50. The van der Waals surface area contributed by atoms with Gasteiger partial charge in [-0.05, 0) is 32.3 Å². The van der Waals surface area contributed by atoms with E-state index in [1.807, 2.05) is 13.8 Å². The highest BCUT2D eigenvalue weighted by atomic mass is 16.7. The molecule has 0 spiro atoms. The number of nitrogens with zero attached hydrogens (tertiary/aromatic N) is 1. The Morgan fingerprint density at radius 1 is 0.941 bits per heavy atom. The van der Waals surface area contributed by atoms with Crippen LogP contribution in [0.25, 0.3) is 0 Å². The number of hydrogen-bond acceptors (Lipinski definition) is 9. The fourth-order valence-corrected chi connectivity index (χ4v) is 3.58. The molecular weight excluding hydrogens is 444 g/mol. The number of nitro benzene ring substituents is 1. The van der Waals surface area contributed by atoms with Crippen molar-refractivity contribution in [1.29, 1.82) is 0 Å². The number of nitrogens with one attached hydrogen (secondary N) is 1. The second kappa shape index (κ2) is 13.5. The summed E-state index contributed by atoms with van der Waals surface area (Å²) in [6.07, 6.45) is 1.60. The number of allylic oxidation sites excluding steroid dienone is 2. The molecule has 2 rings (SSSR count). The number of hydrogen-bond donors (Lipinski definition) is 1. The molecule has 1 heterocycles. The largest absolute Gasteiger partial charge is 0.460 e. The minimum atomic E-state index is -0.927. The number of dihydropyridines is 1. The van der Waals surface area contributed by atoms with Gasteiger partial charge in [0.1, 0.15) is 6.61 Å². The number of carbonyl (C=O) groups is 2. The summed E-state index contributed by atoms with van der Waals surface area (Å²) in [6, 6.07) is 5.82. The van der Waals surface area contributed by atoms with Crippen molar-refractivity contribution in [2.24, 2.45) is 0 Å². The Morgan fingerprint density at radius 3 is 2.18 bits per heavy atom. The van der Waals surface area contributed by atoms with E-state index in [0.29, 0.717) is 30.2 Å². The van der Waals surface area contributed by atoms with Crippen molar-refractivity contribution in [2.45, 2.75) is 46.5 Å². The van der Waals surface area contributed by atoms with E-state index in [-0.39, 0.29) is 36.8 Å². The van der Waals surface area contributed by atoms with E-state index in [1.165, 1.54) is 18.2 Å². The highest BCUT2D eigenvalue weighted by molar-refractivity contribution is 5.99. The average molecular weight is 477 g/mol. The van der Waals surface area contributed by atoms with E-state index in [2.05, 4.69) is 5.32 Å². The van der Waals surface area contributed by atoms with E-state index < -0.39 is 22.8 Å². The molecule has 0 saturated carbocycles. The zero-order valence-electron chi connectivity index (χ0n) is 20.0. The Morgan fingerprint density at radius 2 is 1.56 bits per heavy atom. The van der Waals surface area contributed by atoms with Crippen LogP contribution in [0.2, 0.25) is 0 Å². The summed E-state index contributed by atoms with van der Waals surface area (Å²) < 4.78 is 21.3. The van der Waals surface area contributed by atoms with E-state index in [1.54, 1.807) is 19.9 Å². The summed E-state index contributed by atoms with van der Waals surface area (Å²) >= 11 is 0. The number of benzene rings is 1. The van der Waals surface area contributed by atoms with Crippen molar-refractivity contribution < 1.29 is 33.5 Å². The normalized spacial score (nSPS) is 15.7. The molecule has 10 heteroatoms. The topological polar surface area (TPSA) is 126 Å². The molecule has 0 aliphatic carbocycles. The molecule has 34 heavy (non-hydrogen) atoms. The van der Waals surface area contributed by atoms with Gasteiger partial charge in [-0.3, -0.25) is 10.1 Å². The number of carbonyl (C=O) groups excluding carboxylic acids is 2. The predicted molar refractivity (Wildman–Crippen MR) is 124 cm³/mol. The first kappa shape index (κ1) is 27.0. The van der Waals surface area contributed by atoms with Gasteiger partial charge in [-0.2, -0.15) is 0 Å². The quantitative estimate of drug-likeness (QED) is 0.149. The molecule has 10 nitrogen and oxygen atoms in total. The van der Waals surface area contributed by atoms with Gasteiger partial charge in [-0.15, -0.1) is 0 Å². The van der Waals surface area contributed by atoms with Gasteiger partial charge >= 0.3 is 11.9 Å². The molecule has 1 aliphatic heterocycles. The van der Waals surface area contributed by atoms with Crippen molar-refractivity contribution >= 4 is 17.6 Å². The van der Waals surface area contributed by atoms with Crippen LogP contribution < -0.4 is 5.32 Å². The van der Waals surface area contributed by atoms with Crippen LogP contribution in [0.3, 0.4) is 0 Å². The summed E-state index contributed by atoms with van der Waals surface area (Å²) in [7, 11) is 0. The molecule has 0 fully saturated rings. The molecule has 1 aliphatic rings. The lowest BCUT2D eigenvalue weighted by Crippen LogP contribution is -2.33. The first-order chi connectivity index (χ1) is 16.3. The standard InChI is InChI=1S/C24H32N2O8/c1-5-10-31-12-13-33-23(27)20-16(3)25-17(4)21(24(28)34-15-32-11-6-2)22(20)18-8-7-9-19(14-18)26(29)30/h7-9,14,22,25H,5-6,10-13,15H2,1-4H3. The number of rotatable bonds is 13. The van der Waals surface area contributed by atoms with E-state index in [4.69, 9.17) is 18.9 Å². The van der Waals surface area contributed by atoms with Crippen LogP contribution in [0, 0.1) is 10.1 Å². The Bertz CT molecular complexity index is 954. The van der Waals surface area contributed by atoms with Gasteiger partial charge in [0.2, 0.25) is 0 Å². The van der Waals surface area contributed by atoms with Crippen LogP contribution in [0.5, 0.6) is 0 Å². The highest BCUT2D eigenvalue weighted by Crippen LogP contribution is 2.40. The molecule has 1 unspecified atom stereocenters. The molecule has 1 atom stereocenters. The van der Waals surface area contributed by atoms with Gasteiger partial charge in [0, 0.05) is 30.1 Å². The third-order valence-corrected chi connectivity index (χ3v) is 5.05. The maximum Gasteiger partial charge on any atom is 0.338 e. The predicted octanol–water partition coefficient (Wildman–Crippen LogP) is 3.73. The molecule has 0 radical (unpaired) electrons. The van der Waals surface area contributed by atoms with Crippen molar-refractivity contribution in [2.75, 3.05) is 33.2 Å². The molecule has 1 N–H and O–H groups in total. The summed E-state index contributed by atoms with van der Waals surface area (Å²) in [6.45, 7) is 8.26. The summed E-state index contributed by atoms with van der Waals surface area (Å²) in [5.74, 6) is -2.27. The van der Waals surface area contributed by atoms with Crippen LogP contribution in [0.15, 0.2) is 46.8 Å². The summed E-state index contributed by atoms with van der Waals surface area (Å²) in [4.78, 5) is 37.0. The molecule has 0 saturated heterocycles. The molecule has 0 bridgehead atoms. The molecular formula is C24H32N2O8. The van der Waals surface area contributed by atoms with Crippen molar-refractivity contribution in [1.82, 2.24) is 5.32 Å². The van der Waals surface area contributed by atoms with E-state index in [9.17, 15) is 19.7 Å². The second-order valence-electron chi connectivity index (χ2n) is 7.69. The molecule has 186 valence electrons. The van der Waals surface area contributed by atoms with Gasteiger partial charge in [-0.1, -0.05) is 26.0 Å². The Balaban J connectivity index is 2.41. The third-order valence-electron chi connectivity index (χ3n) is 5.05. The van der Waals surface area contributed by atoms with Crippen molar-refractivity contribution in [3.8, 4) is 0 Å². The Kier molecular flexibility index (Phi) is 10.7. The minimum Gasteiger partial charge on any atom is -0.460 e. The number of nitro groups is 1. The smallest absolute Gasteiger partial charge is 0.338 e. The van der Waals surface area contributed by atoms with Crippen molar-refractivity contribution in [3.63, 3.8) is 0 Å². The zero-order chi connectivity index (χ0) is 25.1. The lowest BCUT2D eigenvalue weighted by atomic mass is 9.80. The maximum atomic E-state index is 13.1. The van der Waals surface area contributed by atoms with Crippen LogP contribution in [0.1, 0.15) is 52.0 Å². The lowest BCUT2D eigenvalue weighted by Gasteiger charge is -2.30. The van der Waals surface area contributed by atoms with Gasteiger partial charge in [0.05, 0.1) is 35.2 Å². The monoisotopic (exact) mass is 476 g/mol. The van der Waals surface area contributed by atoms with Gasteiger partial charge < -0.3 is 24.3 Å². The summed E-state index contributed by atoms with van der Waals surface area (Å²) in [5, 5.41) is 14.4. The van der Waals surface area contributed by atoms with Crippen LogP contribution in [0.4, 0.5) is 5.69 Å². The third kappa shape index (κ3) is 7.13. The van der Waals surface area contributed by atoms with Gasteiger partial charge in [-0.25, -0.2) is 9.59 Å². The zero-order valence-corrected chi connectivity index (χ0v) is 20.0. The fourth-order valence-electron chi connectivity index (χ4n) is 3.58. The minimum absolute atomic E-state index is 0.0323. The van der Waals surface area contributed by atoms with E-state index in [0.717, 1.165) is 12.8 Å². The SMILES string of the molecule is CCCOCCOC(=O)C1=C(C)NC(C)=C(C(=O)OCOCCC)C1c1cccc([N+](=O)[O-])c1. The first-order valence-corrected chi connectivity index (χ1v) is 11.2. The lowest BCUT2D eigenvalue weighted by molar-refractivity contribution is -0.384. The Hall–Kier alpha value is -3.24. The molecule has 1 aromatic carbocycles. The molecule has 0 aromatic heterocycles. The van der Waals surface area contributed by atoms with Gasteiger partial charge in [0.25, 0.3) is 5.69 Å². The van der Waals surface area contributed by atoms with Crippen LogP contribution in [-0.2, 0) is 28.5 Å². The van der Waals surface area contributed by atoms with Crippen LogP contribution in [-0.4, -0.2) is 50.1 Å². The second-order valence-corrected chi connectivity index (χ2v) is 7.69. The van der Waals surface area contributed by atoms with E-state index >= 15 is 0 Å². The average Bonchev–Trinajstić information content (AvgIpc) is 2.81. The first-order valence-electron chi connectivity index (χ1n) is 11.2.